The van der Waals surface area contributed by atoms with Gasteiger partial charge < -0.3 is 15.3 Å². The van der Waals surface area contributed by atoms with Crippen LogP contribution in [0.1, 0.15) is 69.6 Å². The molecule has 4 rings (SSSR count). The molecular weight excluding hydrogens is 540 g/mol. The zero-order valence-electron chi connectivity index (χ0n) is 27.8. The van der Waals surface area contributed by atoms with E-state index in [1.807, 2.05) is 32.2 Å². The fraction of sp³-hybridized carbons (Fsp3) is 0.385. The number of hydrogen-bond donors (Lipinski definition) is 2. The molecule has 1 saturated heterocycles. The second-order valence-electron chi connectivity index (χ2n) is 11.5. The lowest BCUT2D eigenvalue weighted by Crippen LogP contribution is -2.38. The average Bonchev–Trinajstić information content (AvgIpc) is 3.07. The molecule has 1 aliphatic heterocycles. The van der Waals surface area contributed by atoms with E-state index in [1.165, 1.54) is 49.1 Å². The summed E-state index contributed by atoms with van der Waals surface area (Å²) in [4.78, 5) is 10.3. The number of nitrogens with zero attached hydrogens (tertiary/aromatic N) is 3. The van der Waals surface area contributed by atoms with Gasteiger partial charge >= 0.3 is 0 Å². The predicted molar refractivity (Wildman–Crippen MR) is 191 cm³/mol. The number of hydrogen-bond acceptors (Lipinski definition) is 5. The van der Waals surface area contributed by atoms with Gasteiger partial charge in [0.05, 0.1) is 11.4 Å². The van der Waals surface area contributed by atoms with Crippen molar-refractivity contribution in [1.82, 2.24) is 10.2 Å². The van der Waals surface area contributed by atoms with Gasteiger partial charge in [-0.15, -0.1) is 0 Å². The topological polar surface area (TPSA) is 60.2 Å². The van der Waals surface area contributed by atoms with Crippen molar-refractivity contribution in [3.8, 4) is 5.75 Å². The molecule has 0 aliphatic carbocycles. The third-order valence-electron chi connectivity index (χ3n) is 7.90. The lowest BCUT2D eigenvalue weighted by atomic mass is 9.89. The van der Waals surface area contributed by atoms with E-state index in [0.29, 0.717) is 11.7 Å². The van der Waals surface area contributed by atoms with Gasteiger partial charge in [0.1, 0.15) is 5.75 Å². The summed E-state index contributed by atoms with van der Waals surface area (Å²) in [5.41, 5.74) is 6.89. The maximum atomic E-state index is 9.39. The molecule has 5 nitrogen and oxygen atoms in total. The van der Waals surface area contributed by atoms with Crippen LogP contribution in [0.5, 0.6) is 5.75 Å². The Morgan fingerprint density at radius 2 is 1.57 bits per heavy atom. The number of allylic oxidation sites excluding steroid dienone is 4. The van der Waals surface area contributed by atoms with Crippen molar-refractivity contribution < 1.29 is 5.11 Å². The van der Waals surface area contributed by atoms with Crippen LogP contribution in [0.2, 0.25) is 0 Å². The fourth-order valence-electron chi connectivity index (χ4n) is 5.23. The van der Waals surface area contributed by atoms with Gasteiger partial charge in [0.2, 0.25) is 0 Å². The maximum Gasteiger partial charge on any atom is 0.119 e. The summed E-state index contributed by atoms with van der Waals surface area (Å²) in [6, 6.07) is 29.4. The third-order valence-corrected chi connectivity index (χ3v) is 7.90. The molecule has 236 valence electrons. The van der Waals surface area contributed by atoms with Crippen LogP contribution < -0.4 is 5.32 Å². The zero-order valence-corrected chi connectivity index (χ0v) is 27.8. The summed E-state index contributed by atoms with van der Waals surface area (Å²) in [5.74, 6) is 1.76. The normalized spacial score (nSPS) is 15.3. The number of phenolic OH excluding ortho intramolecular Hbond substituents is 1. The minimum absolute atomic E-state index is 0.384. The molecule has 3 aromatic carbocycles. The van der Waals surface area contributed by atoms with Gasteiger partial charge in [-0.25, -0.2) is 0 Å². The van der Waals surface area contributed by atoms with Gasteiger partial charge in [-0.1, -0.05) is 104 Å². The zero-order chi connectivity index (χ0) is 32.2. The smallest absolute Gasteiger partial charge is 0.119 e. The molecule has 0 amide bonds. The lowest BCUT2D eigenvalue weighted by molar-refractivity contribution is 0.167. The number of nitrogens with one attached hydrogen (secondary N) is 1. The molecule has 5 heteroatoms. The Balaban J connectivity index is 0.000000260. The monoisotopic (exact) mass is 594 g/mol. The minimum Gasteiger partial charge on any atom is -0.508 e. The molecular formula is C39H54N4O. The van der Waals surface area contributed by atoms with Crippen LogP contribution in [0.15, 0.2) is 118 Å². The Morgan fingerprint density at radius 1 is 0.977 bits per heavy atom. The van der Waals surface area contributed by atoms with Gasteiger partial charge in [0.15, 0.2) is 0 Å². The highest BCUT2D eigenvalue weighted by molar-refractivity contribution is 5.78. The second kappa shape index (κ2) is 20.9. The largest absolute Gasteiger partial charge is 0.508 e. The SMILES string of the molecule is C=N/C(C)=C(/C=NC)NC.CC(C)=CCc1ccccc1O.CCC1CCCN(CC(c2ccccc2)c2ccccc2)C1. The standard InChI is InChI=1S/C21H27N.C11H14O.C7H13N3/c1-2-18-10-9-15-22(16-18)17-21(19-11-5-3-6-12-19)20-13-7-4-8-14-20;1-9(2)7-8-10-5-3-4-6-11(10)12;1-6(9-3)7(10-4)5-8-2/h3-8,11-14,18,21H,2,9-10,15-17H2,1H3;3-7,12H,8H2,1-2H3;5,10H,3H2,1-2,4H3/b;;7-6-,8-5?. The Bertz CT molecular complexity index is 1270. The number of aromatic hydroxyl groups is 1. The first-order chi connectivity index (χ1) is 21.3. The number of phenols is 1. The Hall–Kier alpha value is -3.96. The molecule has 44 heavy (non-hydrogen) atoms. The summed E-state index contributed by atoms with van der Waals surface area (Å²) < 4.78 is 0. The first kappa shape index (κ1) is 36.2. The van der Waals surface area contributed by atoms with Crippen LogP contribution in [0.25, 0.3) is 0 Å². The summed E-state index contributed by atoms with van der Waals surface area (Å²) in [6.07, 6.45) is 8.72. The van der Waals surface area contributed by atoms with Gasteiger partial charge in [-0.2, -0.15) is 0 Å². The van der Waals surface area contributed by atoms with Gasteiger partial charge in [0, 0.05) is 39.3 Å². The number of aliphatic imine (C=N–C) groups is 2. The molecule has 0 radical (unpaired) electrons. The van der Waals surface area contributed by atoms with Crippen LogP contribution in [0.3, 0.4) is 0 Å². The number of benzene rings is 3. The molecule has 0 bridgehead atoms. The van der Waals surface area contributed by atoms with Crippen molar-refractivity contribution in [1.29, 1.82) is 0 Å². The molecule has 1 heterocycles. The van der Waals surface area contributed by atoms with E-state index < -0.39 is 0 Å². The van der Waals surface area contributed by atoms with E-state index in [0.717, 1.165) is 35.8 Å². The highest BCUT2D eigenvalue weighted by atomic mass is 16.3. The molecule has 1 unspecified atom stereocenters. The number of piperidine rings is 1. The molecule has 1 atom stereocenters. The molecule has 0 spiro atoms. The summed E-state index contributed by atoms with van der Waals surface area (Å²) in [7, 11) is 3.54. The van der Waals surface area contributed by atoms with Crippen molar-refractivity contribution in [2.24, 2.45) is 15.9 Å². The molecule has 2 N–H and O–H groups in total. The maximum absolute atomic E-state index is 9.39. The van der Waals surface area contributed by atoms with Crippen molar-refractivity contribution in [2.75, 3.05) is 33.7 Å². The third kappa shape index (κ3) is 13.1. The van der Waals surface area contributed by atoms with Crippen LogP contribution >= 0.6 is 0 Å². The number of likely N-dealkylation sites (tertiary alicyclic amines) is 1. The fourth-order valence-corrected chi connectivity index (χ4v) is 5.23. The Morgan fingerprint density at radius 3 is 2.07 bits per heavy atom. The average molecular weight is 595 g/mol. The van der Waals surface area contributed by atoms with E-state index in [1.54, 1.807) is 19.3 Å². The number of rotatable bonds is 10. The Kier molecular flexibility index (Phi) is 17.2. The molecule has 3 aromatic rings. The van der Waals surface area contributed by atoms with E-state index >= 15 is 0 Å². The number of para-hydroxylation sites is 1. The molecule has 0 aromatic heterocycles. The van der Waals surface area contributed by atoms with Crippen molar-refractivity contribution in [3.63, 3.8) is 0 Å². The van der Waals surface area contributed by atoms with Crippen LogP contribution in [-0.2, 0) is 6.42 Å². The van der Waals surface area contributed by atoms with Crippen molar-refractivity contribution in [3.05, 3.63) is 125 Å². The Labute approximate surface area is 267 Å². The molecule has 0 saturated carbocycles. The van der Waals surface area contributed by atoms with E-state index in [2.05, 4.69) is 114 Å². The van der Waals surface area contributed by atoms with Gasteiger partial charge in [-0.3, -0.25) is 9.98 Å². The van der Waals surface area contributed by atoms with Gasteiger partial charge in [-0.05, 0) is 82.0 Å². The molecule has 1 fully saturated rings. The quantitative estimate of drug-likeness (QED) is 0.182. The summed E-state index contributed by atoms with van der Waals surface area (Å²) in [6.45, 7) is 15.4. The summed E-state index contributed by atoms with van der Waals surface area (Å²) >= 11 is 0. The van der Waals surface area contributed by atoms with Crippen LogP contribution in [-0.4, -0.2) is 56.7 Å². The van der Waals surface area contributed by atoms with Crippen LogP contribution in [0, 0.1) is 5.92 Å². The van der Waals surface area contributed by atoms with Crippen molar-refractivity contribution >= 4 is 12.9 Å². The second-order valence-corrected chi connectivity index (χ2v) is 11.5. The highest BCUT2D eigenvalue weighted by Gasteiger charge is 2.23. The first-order valence-electron chi connectivity index (χ1n) is 15.8. The van der Waals surface area contributed by atoms with E-state index in [4.69, 9.17) is 0 Å². The predicted octanol–water partition coefficient (Wildman–Crippen LogP) is 8.68. The van der Waals surface area contributed by atoms with Crippen molar-refractivity contribution in [2.45, 2.75) is 59.3 Å². The summed E-state index contributed by atoms with van der Waals surface area (Å²) in [5, 5.41) is 12.3. The van der Waals surface area contributed by atoms with E-state index in [-0.39, 0.29) is 0 Å². The van der Waals surface area contributed by atoms with Gasteiger partial charge in [0.25, 0.3) is 0 Å². The van der Waals surface area contributed by atoms with E-state index in [9.17, 15) is 5.11 Å². The molecule has 1 aliphatic rings. The van der Waals surface area contributed by atoms with Crippen LogP contribution in [0.4, 0.5) is 0 Å². The minimum atomic E-state index is 0.384. The lowest BCUT2D eigenvalue weighted by Gasteiger charge is -2.35. The highest BCUT2D eigenvalue weighted by Crippen LogP contribution is 2.28. The first-order valence-corrected chi connectivity index (χ1v) is 15.8.